The van der Waals surface area contributed by atoms with Gasteiger partial charge in [-0.05, 0) is 24.3 Å². The predicted octanol–water partition coefficient (Wildman–Crippen LogP) is 1.84. The fourth-order valence-corrected chi connectivity index (χ4v) is 2.69. The predicted molar refractivity (Wildman–Crippen MR) is 70.8 cm³/mol. The minimum Gasteiger partial charge on any atom is -0.478 e. The lowest BCUT2D eigenvalue weighted by Gasteiger charge is -2.36. The molecule has 5 nitrogen and oxygen atoms in total. The van der Waals surface area contributed by atoms with E-state index in [1.165, 1.54) is 18.7 Å². The number of pyridine rings is 1. The second-order valence-electron chi connectivity index (χ2n) is 5.29. The van der Waals surface area contributed by atoms with E-state index in [0.29, 0.717) is 23.3 Å². The highest BCUT2D eigenvalue weighted by atomic mass is 16.4. The molecule has 2 atom stereocenters. The number of hydrogen-bond acceptors (Lipinski definition) is 4. The van der Waals surface area contributed by atoms with Gasteiger partial charge in [-0.25, -0.2) is 9.78 Å². The van der Waals surface area contributed by atoms with E-state index in [2.05, 4.69) is 23.7 Å². The quantitative estimate of drug-likeness (QED) is 0.836. The van der Waals surface area contributed by atoms with Crippen LogP contribution in [0.1, 0.15) is 30.6 Å². The van der Waals surface area contributed by atoms with Crippen LogP contribution in [0, 0.1) is 11.8 Å². The van der Waals surface area contributed by atoms with Crippen LogP contribution < -0.4 is 10.6 Å². The summed E-state index contributed by atoms with van der Waals surface area (Å²) in [4.78, 5) is 17.2. The van der Waals surface area contributed by atoms with Crippen LogP contribution in [0.5, 0.6) is 0 Å². The fraction of sp³-hybridized carbons (Fsp3) is 0.538. The number of nitrogen functional groups attached to an aromatic ring is 1. The number of hydrogen-bond donors (Lipinski definition) is 2. The van der Waals surface area contributed by atoms with Crippen molar-refractivity contribution in [1.82, 2.24) is 4.98 Å². The van der Waals surface area contributed by atoms with Crippen molar-refractivity contribution < 1.29 is 9.90 Å². The van der Waals surface area contributed by atoms with E-state index in [9.17, 15) is 4.79 Å². The molecule has 0 aromatic carbocycles. The Morgan fingerprint density at radius 2 is 2.06 bits per heavy atom. The SMILES string of the molecule is CC1CC(C)CN(c2ncc(C(=O)O)cc2N)C1. The van der Waals surface area contributed by atoms with E-state index < -0.39 is 5.97 Å². The molecular formula is C13H19N3O2. The molecule has 1 aliphatic heterocycles. The first-order valence-corrected chi connectivity index (χ1v) is 6.21. The number of carboxylic acids is 1. The van der Waals surface area contributed by atoms with E-state index in [1.54, 1.807) is 0 Å². The fourth-order valence-electron chi connectivity index (χ4n) is 2.69. The molecule has 1 aromatic rings. The number of aromatic carboxylic acids is 1. The summed E-state index contributed by atoms with van der Waals surface area (Å²) >= 11 is 0. The summed E-state index contributed by atoms with van der Waals surface area (Å²) in [6.07, 6.45) is 2.58. The van der Waals surface area contributed by atoms with E-state index >= 15 is 0 Å². The van der Waals surface area contributed by atoms with Crippen LogP contribution in [-0.4, -0.2) is 29.1 Å². The zero-order chi connectivity index (χ0) is 13.3. The van der Waals surface area contributed by atoms with Gasteiger partial charge in [0.2, 0.25) is 0 Å². The first-order chi connectivity index (χ1) is 8.47. The molecule has 1 aliphatic rings. The molecule has 2 unspecified atom stereocenters. The first-order valence-electron chi connectivity index (χ1n) is 6.21. The van der Waals surface area contributed by atoms with Gasteiger partial charge in [-0.1, -0.05) is 13.8 Å². The minimum absolute atomic E-state index is 0.134. The molecule has 0 spiro atoms. The Kier molecular flexibility index (Phi) is 3.41. The normalized spacial score (nSPS) is 24.0. The molecule has 0 bridgehead atoms. The molecule has 1 saturated heterocycles. The Labute approximate surface area is 107 Å². The third kappa shape index (κ3) is 2.55. The van der Waals surface area contributed by atoms with Gasteiger partial charge in [0, 0.05) is 19.3 Å². The second kappa shape index (κ2) is 4.84. The van der Waals surface area contributed by atoms with E-state index in [0.717, 1.165) is 13.1 Å². The third-order valence-corrected chi connectivity index (χ3v) is 3.31. The lowest BCUT2D eigenvalue weighted by Crippen LogP contribution is -2.39. The van der Waals surface area contributed by atoms with Gasteiger partial charge < -0.3 is 15.7 Å². The highest BCUT2D eigenvalue weighted by Gasteiger charge is 2.24. The second-order valence-corrected chi connectivity index (χ2v) is 5.29. The van der Waals surface area contributed by atoms with Gasteiger partial charge in [0.15, 0.2) is 5.82 Å². The number of carboxylic acid groups (broad SMARTS) is 1. The molecule has 18 heavy (non-hydrogen) atoms. The number of nitrogens with two attached hydrogens (primary N) is 1. The monoisotopic (exact) mass is 249 g/mol. The largest absolute Gasteiger partial charge is 0.478 e. The van der Waals surface area contributed by atoms with Gasteiger partial charge in [0.05, 0.1) is 11.3 Å². The zero-order valence-corrected chi connectivity index (χ0v) is 10.8. The van der Waals surface area contributed by atoms with E-state index in [-0.39, 0.29) is 5.56 Å². The summed E-state index contributed by atoms with van der Waals surface area (Å²) in [5.41, 5.74) is 6.49. The average Bonchev–Trinajstić information content (AvgIpc) is 2.27. The molecule has 0 radical (unpaired) electrons. The van der Waals surface area contributed by atoms with Gasteiger partial charge >= 0.3 is 5.97 Å². The maximum absolute atomic E-state index is 10.8. The van der Waals surface area contributed by atoms with Gasteiger partial charge in [-0.3, -0.25) is 0 Å². The average molecular weight is 249 g/mol. The molecule has 0 saturated carbocycles. The molecular weight excluding hydrogens is 230 g/mol. The summed E-state index contributed by atoms with van der Waals surface area (Å²) in [5, 5.41) is 8.89. The van der Waals surface area contributed by atoms with Crippen molar-refractivity contribution in [2.45, 2.75) is 20.3 Å². The molecule has 0 aliphatic carbocycles. The molecule has 3 N–H and O–H groups in total. The smallest absolute Gasteiger partial charge is 0.337 e. The highest BCUT2D eigenvalue weighted by molar-refractivity contribution is 5.89. The van der Waals surface area contributed by atoms with Gasteiger partial charge in [0.1, 0.15) is 0 Å². The zero-order valence-electron chi connectivity index (χ0n) is 10.8. The number of anilines is 2. The van der Waals surface area contributed by atoms with Crippen LogP contribution in [-0.2, 0) is 0 Å². The first kappa shape index (κ1) is 12.7. The number of piperidine rings is 1. The Hall–Kier alpha value is -1.78. The van der Waals surface area contributed by atoms with Crippen LogP contribution in [0.4, 0.5) is 11.5 Å². The standard InChI is InChI=1S/C13H19N3O2/c1-8-3-9(2)7-16(6-8)12-11(14)4-10(5-15-12)13(17)18/h4-5,8-9H,3,6-7,14H2,1-2H3,(H,17,18). The van der Waals surface area contributed by atoms with E-state index in [1.807, 2.05) is 0 Å². The maximum Gasteiger partial charge on any atom is 0.337 e. The molecule has 5 heteroatoms. The summed E-state index contributed by atoms with van der Waals surface area (Å²) in [6.45, 7) is 6.27. The van der Waals surface area contributed by atoms with Crippen LogP contribution in [0.2, 0.25) is 0 Å². The van der Waals surface area contributed by atoms with Crippen LogP contribution in [0.25, 0.3) is 0 Å². The van der Waals surface area contributed by atoms with Crippen molar-refractivity contribution in [3.8, 4) is 0 Å². The van der Waals surface area contributed by atoms with Gasteiger partial charge in [0.25, 0.3) is 0 Å². The summed E-state index contributed by atoms with van der Waals surface area (Å²) in [6, 6.07) is 1.48. The van der Waals surface area contributed by atoms with Crippen molar-refractivity contribution in [2.24, 2.45) is 11.8 Å². The van der Waals surface area contributed by atoms with Crippen molar-refractivity contribution in [2.75, 3.05) is 23.7 Å². The Bertz CT molecular complexity index is 452. The summed E-state index contributed by atoms with van der Waals surface area (Å²) in [7, 11) is 0. The molecule has 0 amide bonds. The van der Waals surface area contributed by atoms with Gasteiger partial charge in [-0.2, -0.15) is 0 Å². The summed E-state index contributed by atoms with van der Waals surface area (Å²) in [5.74, 6) is 0.919. The number of aromatic nitrogens is 1. The Balaban J connectivity index is 2.25. The Morgan fingerprint density at radius 3 is 2.56 bits per heavy atom. The lowest BCUT2D eigenvalue weighted by molar-refractivity contribution is 0.0696. The minimum atomic E-state index is -0.999. The van der Waals surface area contributed by atoms with E-state index in [4.69, 9.17) is 10.8 Å². The Morgan fingerprint density at radius 1 is 1.44 bits per heavy atom. The number of carbonyl (C=O) groups is 1. The maximum atomic E-state index is 10.8. The van der Waals surface area contributed by atoms with Crippen molar-refractivity contribution in [3.63, 3.8) is 0 Å². The highest BCUT2D eigenvalue weighted by Crippen LogP contribution is 2.28. The lowest BCUT2D eigenvalue weighted by atomic mass is 9.92. The molecule has 1 fully saturated rings. The van der Waals surface area contributed by atoms with Crippen molar-refractivity contribution in [1.29, 1.82) is 0 Å². The topological polar surface area (TPSA) is 79.5 Å². The molecule has 98 valence electrons. The summed E-state index contributed by atoms with van der Waals surface area (Å²) < 4.78 is 0. The van der Waals surface area contributed by atoms with Crippen molar-refractivity contribution in [3.05, 3.63) is 17.8 Å². The molecule has 2 rings (SSSR count). The van der Waals surface area contributed by atoms with Crippen LogP contribution in [0.3, 0.4) is 0 Å². The van der Waals surface area contributed by atoms with Gasteiger partial charge in [-0.15, -0.1) is 0 Å². The molecule has 1 aromatic heterocycles. The van der Waals surface area contributed by atoms with Crippen LogP contribution >= 0.6 is 0 Å². The molecule has 2 heterocycles. The number of rotatable bonds is 2. The van der Waals surface area contributed by atoms with Crippen molar-refractivity contribution >= 4 is 17.5 Å². The van der Waals surface area contributed by atoms with Crippen LogP contribution in [0.15, 0.2) is 12.3 Å². The third-order valence-electron chi connectivity index (χ3n) is 3.31. The number of nitrogens with zero attached hydrogens (tertiary/aromatic N) is 2.